The molecule has 2 aromatic carbocycles. The molecule has 2 aliphatic heterocycles. The minimum Gasteiger partial charge on any atom is -0.497 e. The first-order chi connectivity index (χ1) is 13.2. The monoisotopic (exact) mass is 371 g/mol. The van der Waals surface area contributed by atoms with E-state index in [-0.39, 0.29) is 24.6 Å². The molecule has 2 fully saturated rings. The van der Waals surface area contributed by atoms with Crippen molar-refractivity contribution in [2.75, 3.05) is 34.0 Å². The third-order valence-corrected chi connectivity index (χ3v) is 5.45. The van der Waals surface area contributed by atoms with Gasteiger partial charge in [-0.15, -0.1) is 0 Å². The van der Waals surface area contributed by atoms with Crippen LogP contribution in [0.1, 0.15) is 30.0 Å². The minimum atomic E-state index is -0.329. The average molecular weight is 371 g/mol. The van der Waals surface area contributed by atoms with Gasteiger partial charge in [0, 0.05) is 6.61 Å². The lowest BCUT2D eigenvalue weighted by molar-refractivity contribution is -0.0623. The molecule has 1 N–H and O–H groups in total. The van der Waals surface area contributed by atoms with E-state index in [4.69, 9.17) is 18.9 Å². The van der Waals surface area contributed by atoms with Gasteiger partial charge in [-0.1, -0.05) is 24.3 Å². The largest absolute Gasteiger partial charge is 0.497 e. The Kier molecular flexibility index (Phi) is 5.06. The molecule has 2 aromatic rings. The Hall–Kier alpha value is -2.12. The Morgan fingerprint density at radius 3 is 1.70 bits per heavy atom. The van der Waals surface area contributed by atoms with E-state index in [0.717, 1.165) is 22.6 Å². The summed E-state index contributed by atoms with van der Waals surface area (Å²) in [5.74, 6) is 1.62. The zero-order valence-corrected chi connectivity index (χ0v) is 15.6. The van der Waals surface area contributed by atoms with Gasteiger partial charge in [0.2, 0.25) is 0 Å². The molecular formula is C21H25NO5. The summed E-state index contributed by atoms with van der Waals surface area (Å²) in [6.45, 7) is 1.14. The summed E-state index contributed by atoms with van der Waals surface area (Å²) in [4.78, 5) is 2.26. The van der Waals surface area contributed by atoms with Crippen LogP contribution >= 0.6 is 0 Å². The maximum Gasteiger partial charge on any atom is 0.139 e. The van der Waals surface area contributed by atoms with Crippen LogP contribution in [0.25, 0.3) is 0 Å². The highest BCUT2D eigenvalue weighted by Crippen LogP contribution is 2.50. The lowest BCUT2D eigenvalue weighted by Gasteiger charge is -2.34. The number of aliphatic hydroxyl groups excluding tert-OH is 1. The molecule has 2 unspecified atom stereocenters. The maximum atomic E-state index is 9.65. The van der Waals surface area contributed by atoms with Gasteiger partial charge in [-0.2, -0.15) is 0 Å². The number of hydrogen-bond donors (Lipinski definition) is 1. The van der Waals surface area contributed by atoms with Crippen molar-refractivity contribution in [3.8, 4) is 11.5 Å². The van der Waals surface area contributed by atoms with Gasteiger partial charge in [0.05, 0.1) is 33.0 Å². The standard InChI is InChI=1S/C21H25NO5/c1-24-17-7-3-15(4-8-17)19-22-20(16-5-9-18(25-2)10-6-16)27-14-21(22,11-12-23)13-26-19/h3-10,19-20,23H,11-14H2,1-2H3/t19-,20?,21?/m0/s1. The zero-order valence-electron chi connectivity index (χ0n) is 15.6. The van der Waals surface area contributed by atoms with Crippen molar-refractivity contribution in [1.82, 2.24) is 4.90 Å². The molecule has 2 heterocycles. The third-order valence-electron chi connectivity index (χ3n) is 5.45. The van der Waals surface area contributed by atoms with Gasteiger partial charge < -0.3 is 24.1 Å². The first-order valence-corrected chi connectivity index (χ1v) is 9.11. The normalized spacial score (nSPS) is 27.5. The zero-order chi connectivity index (χ0) is 18.9. The molecular weight excluding hydrogens is 346 g/mol. The van der Waals surface area contributed by atoms with Crippen molar-refractivity contribution >= 4 is 0 Å². The lowest BCUT2D eigenvalue weighted by Crippen LogP contribution is -2.45. The second-order valence-corrected chi connectivity index (χ2v) is 6.98. The molecule has 2 aliphatic rings. The highest BCUT2D eigenvalue weighted by molar-refractivity contribution is 5.32. The molecule has 144 valence electrons. The smallest absolute Gasteiger partial charge is 0.139 e. The van der Waals surface area contributed by atoms with Gasteiger partial charge in [0.15, 0.2) is 0 Å². The molecule has 0 aliphatic carbocycles. The van der Waals surface area contributed by atoms with Gasteiger partial charge >= 0.3 is 0 Å². The molecule has 4 rings (SSSR count). The molecule has 0 aromatic heterocycles. The van der Waals surface area contributed by atoms with Crippen LogP contribution in [-0.2, 0) is 9.47 Å². The second-order valence-electron chi connectivity index (χ2n) is 6.98. The van der Waals surface area contributed by atoms with Crippen LogP contribution in [-0.4, -0.2) is 49.6 Å². The fourth-order valence-corrected chi connectivity index (χ4v) is 3.97. The summed E-state index contributed by atoms with van der Waals surface area (Å²) >= 11 is 0. The second kappa shape index (κ2) is 7.48. The molecule has 0 radical (unpaired) electrons. The first-order valence-electron chi connectivity index (χ1n) is 9.11. The fourth-order valence-electron chi connectivity index (χ4n) is 3.97. The summed E-state index contributed by atoms with van der Waals surface area (Å²) in [5.41, 5.74) is 1.75. The van der Waals surface area contributed by atoms with Crippen LogP contribution in [0.5, 0.6) is 11.5 Å². The quantitative estimate of drug-likeness (QED) is 0.843. The molecule has 0 spiro atoms. The van der Waals surface area contributed by atoms with E-state index in [9.17, 15) is 5.11 Å². The van der Waals surface area contributed by atoms with Crippen LogP contribution in [0.3, 0.4) is 0 Å². The van der Waals surface area contributed by atoms with Crippen LogP contribution in [0.15, 0.2) is 48.5 Å². The number of ether oxygens (including phenoxy) is 4. The SMILES string of the molecule is COc1ccc(C2OCC3(CCO)CO[C@@H](c4ccc(OC)cc4)N23)cc1. The molecule has 6 nitrogen and oxygen atoms in total. The Labute approximate surface area is 159 Å². The van der Waals surface area contributed by atoms with E-state index in [1.54, 1.807) is 14.2 Å². The van der Waals surface area contributed by atoms with E-state index < -0.39 is 0 Å². The van der Waals surface area contributed by atoms with E-state index >= 15 is 0 Å². The van der Waals surface area contributed by atoms with Crippen LogP contribution in [0.2, 0.25) is 0 Å². The summed E-state index contributed by atoms with van der Waals surface area (Å²) in [7, 11) is 3.31. The lowest BCUT2D eigenvalue weighted by atomic mass is 9.96. The van der Waals surface area contributed by atoms with Crippen molar-refractivity contribution < 1.29 is 24.1 Å². The maximum absolute atomic E-state index is 9.65. The van der Waals surface area contributed by atoms with Crippen LogP contribution in [0, 0.1) is 0 Å². The van der Waals surface area contributed by atoms with Crippen molar-refractivity contribution in [2.45, 2.75) is 24.4 Å². The van der Waals surface area contributed by atoms with Gasteiger partial charge in [-0.3, -0.25) is 0 Å². The number of benzene rings is 2. The number of fused-ring (bicyclic) bond motifs is 1. The summed E-state index contributed by atoms with van der Waals surface area (Å²) in [6.07, 6.45) is 0.126. The number of aliphatic hydroxyl groups is 1. The molecule has 3 atom stereocenters. The third kappa shape index (κ3) is 3.19. The molecule has 6 heteroatoms. The number of methoxy groups -OCH3 is 2. The van der Waals surface area contributed by atoms with Crippen molar-refractivity contribution in [2.24, 2.45) is 0 Å². The highest BCUT2D eigenvalue weighted by atomic mass is 16.6. The fraction of sp³-hybridized carbons (Fsp3) is 0.429. The molecule has 0 saturated carbocycles. The van der Waals surface area contributed by atoms with E-state index in [1.165, 1.54) is 0 Å². The minimum absolute atomic E-state index is 0.0912. The first kappa shape index (κ1) is 18.3. The number of hydrogen-bond acceptors (Lipinski definition) is 6. The molecule has 0 bridgehead atoms. The average Bonchev–Trinajstić information content (AvgIpc) is 3.25. The van der Waals surface area contributed by atoms with Gasteiger partial charge in [-0.25, -0.2) is 4.90 Å². The number of rotatable bonds is 6. The van der Waals surface area contributed by atoms with E-state index in [2.05, 4.69) is 4.90 Å². The van der Waals surface area contributed by atoms with Gasteiger partial charge in [0.25, 0.3) is 0 Å². The van der Waals surface area contributed by atoms with E-state index in [0.29, 0.717) is 19.6 Å². The predicted molar refractivity (Wildman–Crippen MR) is 99.6 cm³/mol. The van der Waals surface area contributed by atoms with Gasteiger partial charge in [-0.05, 0) is 41.8 Å². The Morgan fingerprint density at radius 1 is 0.889 bits per heavy atom. The Balaban J connectivity index is 1.68. The number of nitrogens with zero attached hydrogens (tertiary/aromatic N) is 1. The van der Waals surface area contributed by atoms with Crippen molar-refractivity contribution in [3.05, 3.63) is 59.7 Å². The predicted octanol–water partition coefficient (Wildman–Crippen LogP) is 2.88. The summed E-state index contributed by atoms with van der Waals surface area (Å²) < 4.78 is 22.9. The Bertz CT molecular complexity index is 702. The molecule has 0 amide bonds. The molecule has 27 heavy (non-hydrogen) atoms. The summed E-state index contributed by atoms with van der Waals surface area (Å²) in [6, 6.07) is 15.8. The van der Waals surface area contributed by atoms with E-state index in [1.807, 2.05) is 48.5 Å². The Morgan fingerprint density at radius 2 is 1.33 bits per heavy atom. The van der Waals surface area contributed by atoms with Gasteiger partial charge in [0.1, 0.15) is 24.0 Å². The highest BCUT2D eigenvalue weighted by Gasteiger charge is 2.56. The van der Waals surface area contributed by atoms with Crippen molar-refractivity contribution in [3.63, 3.8) is 0 Å². The molecule has 2 saturated heterocycles. The van der Waals surface area contributed by atoms with Crippen molar-refractivity contribution in [1.29, 1.82) is 0 Å². The van der Waals surface area contributed by atoms with Crippen LogP contribution < -0.4 is 9.47 Å². The summed E-state index contributed by atoms with van der Waals surface area (Å²) in [5, 5.41) is 9.65. The topological polar surface area (TPSA) is 60.4 Å². The van der Waals surface area contributed by atoms with Crippen LogP contribution in [0.4, 0.5) is 0 Å².